The minimum Gasteiger partial charge on any atom is -0.252 e. The number of hydrogen-bond acceptors (Lipinski definition) is 2. The highest BCUT2D eigenvalue weighted by Gasteiger charge is 2.21. The zero-order valence-corrected chi connectivity index (χ0v) is 6.42. The largest absolute Gasteiger partial charge is 0.252 e. The van der Waals surface area contributed by atoms with Crippen molar-refractivity contribution >= 4 is 12.4 Å². The van der Waals surface area contributed by atoms with Gasteiger partial charge in [0.05, 0.1) is 6.20 Å². The van der Waals surface area contributed by atoms with E-state index in [4.69, 9.17) is 0 Å². The van der Waals surface area contributed by atoms with Crippen LogP contribution in [0.15, 0.2) is 12.4 Å². The van der Waals surface area contributed by atoms with Crippen LogP contribution in [0.3, 0.4) is 0 Å². The summed E-state index contributed by atoms with van der Waals surface area (Å²) in [6, 6.07) is 0. The molecule has 3 nitrogen and oxygen atoms in total. The van der Waals surface area contributed by atoms with E-state index in [2.05, 4.69) is 10.3 Å². The Morgan fingerprint density at radius 3 is 2.80 bits per heavy atom. The first-order valence-corrected chi connectivity index (χ1v) is 3.29. The summed E-state index contributed by atoms with van der Waals surface area (Å²) in [6.07, 6.45) is 6.39. The van der Waals surface area contributed by atoms with E-state index >= 15 is 0 Å². The van der Waals surface area contributed by atoms with Gasteiger partial charge < -0.3 is 0 Å². The number of aromatic nitrogens is 3. The van der Waals surface area contributed by atoms with Gasteiger partial charge in [-0.15, -0.1) is 17.5 Å². The summed E-state index contributed by atoms with van der Waals surface area (Å²) in [5.74, 6) is 0.895. The second-order valence-corrected chi connectivity index (χ2v) is 2.57. The molecule has 2 rings (SSSR count). The van der Waals surface area contributed by atoms with E-state index in [-0.39, 0.29) is 12.4 Å². The highest BCUT2D eigenvalue weighted by Crippen LogP contribution is 2.29. The highest BCUT2D eigenvalue weighted by molar-refractivity contribution is 5.85. The first-order valence-electron chi connectivity index (χ1n) is 3.29. The fourth-order valence-electron chi connectivity index (χ4n) is 0.895. The molecule has 0 saturated heterocycles. The van der Waals surface area contributed by atoms with Crippen LogP contribution in [-0.4, -0.2) is 15.0 Å². The molecule has 4 heteroatoms. The van der Waals surface area contributed by atoms with E-state index in [0.717, 1.165) is 12.5 Å². The van der Waals surface area contributed by atoms with E-state index in [9.17, 15) is 0 Å². The molecule has 0 spiro atoms. The first-order chi connectivity index (χ1) is 4.45. The molecular formula is C6H10ClN3. The fraction of sp³-hybridized carbons (Fsp3) is 0.667. The van der Waals surface area contributed by atoms with Crippen molar-refractivity contribution in [1.29, 1.82) is 0 Å². The maximum atomic E-state index is 3.86. The third-order valence-electron chi connectivity index (χ3n) is 1.61. The molecule has 1 aliphatic carbocycles. The second-order valence-electron chi connectivity index (χ2n) is 2.57. The lowest BCUT2D eigenvalue weighted by Gasteiger charge is -1.93. The molecule has 0 N–H and O–H groups in total. The second kappa shape index (κ2) is 3.01. The lowest BCUT2D eigenvalue weighted by atomic mass is 10.4. The molecule has 0 atom stereocenters. The van der Waals surface area contributed by atoms with Gasteiger partial charge in [-0.05, 0) is 18.8 Å². The summed E-state index contributed by atoms with van der Waals surface area (Å²) < 4.78 is 1.90. The Balaban J connectivity index is 0.000000500. The molecule has 1 fully saturated rings. The standard InChI is InChI=1S/C6H9N3.ClH/c1-2-6(1)5-9-4-3-7-8-9;/h3-4,6H,1-2,5H2;1H. The van der Waals surface area contributed by atoms with Crippen molar-refractivity contribution in [1.82, 2.24) is 15.0 Å². The third kappa shape index (κ3) is 1.70. The van der Waals surface area contributed by atoms with Gasteiger partial charge >= 0.3 is 0 Å². The molecule has 0 radical (unpaired) electrons. The minimum atomic E-state index is 0. The molecule has 1 aliphatic rings. The summed E-state index contributed by atoms with van der Waals surface area (Å²) in [5.41, 5.74) is 0. The van der Waals surface area contributed by atoms with E-state index in [1.54, 1.807) is 6.20 Å². The van der Waals surface area contributed by atoms with Gasteiger partial charge in [0.15, 0.2) is 0 Å². The predicted molar refractivity (Wildman–Crippen MR) is 40.0 cm³/mol. The van der Waals surface area contributed by atoms with E-state index < -0.39 is 0 Å². The van der Waals surface area contributed by atoms with E-state index in [1.807, 2.05) is 10.9 Å². The predicted octanol–water partition coefficient (Wildman–Crippen LogP) is 1.11. The molecule has 1 aromatic rings. The van der Waals surface area contributed by atoms with Crippen molar-refractivity contribution in [2.45, 2.75) is 19.4 Å². The van der Waals surface area contributed by atoms with E-state index in [0.29, 0.717) is 0 Å². The van der Waals surface area contributed by atoms with Gasteiger partial charge in [0, 0.05) is 12.7 Å². The summed E-state index contributed by atoms with van der Waals surface area (Å²) in [5, 5.41) is 7.58. The molecule has 0 aromatic carbocycles. The zero-order valence-electron chi connectivity index (χ0n) is 5.60. The molecule has 1 heterocycles. The number of hydrogen-bond donors (Lipinski definition) is 0. The van der Waals surface area contributed by atoms with Gasteiger partial charge in [-0.1, -0.05) is 5.21 Å². The Kier molecular flexibility index (Phi) is 2.27. The first kappa shape index (κ1) is 7.54. The summed E-state index contributed by atoms with van der Waals surface area (Å²) in [7, 11) is 0. The van der Waals surface area contributed by atoms with Crippen LogP contribution in [0.25, 0.3) is 0 Å². The van der Waals surface area contributed by atoms with Crippen LogP contribution < -0.4 is 0 Å². The fourth-order valence-corrected chi connectivity index (χ4v) is 0.895. The smallest absolute Gasteiger partial charge is 0.0692 e. The molecule has 0 aliphatic heterocycles. The van der Waals surface area contributed by atoms with Crippen molar-refractivity contribution in [3.05, 3.63) is 12.4 Å². The summed E-state index contributed by atoms with van der Waals surface area (Å²) >= 11 is 0. The molecular weight excluding hydrogens is 150 g/mol. The minimum absolute atomic E-state index is 0. The molecule has 0 unspecified atom stereocenters. The van der Waals surface area contributed by atoms with Crippen LogP contribution >= 0.6 is 12.4 Å². The van der Waals surface area contributed by atoms with Crippen LogP contribution in [-0.2, 0) is 6.54 Å². The van der Waals surface area contributed by atoms with Gasteiger partial charge in [-0.3, -0.25) is 4.68 Å². The molecule has 0 amide bonds. The zero-order chi connectivity index (χ0) is 6.10. The number of halogens is 1. The Morgan fingerprint density at radius 1 is 1.50 bits per heavy atom. The van der Waals surface area contributed by atoms with Crippen molar-refractivity contribution in [2.24, 2.45) is 5.92 Å². The van der Waals surface area contributed by atoms with Gasteiger partial charge in [-0.2, -0.15) is 0 Å². The summed E-state index contributed by atoms with van der Waals surface area (Å²) in [6.45, 7) is 1.07. The topological polar surface area (TPSA) is 30.7 Å². The lowest BCUT2D eigenvalue weighted by Crippen LogP contribution is -1.99. The lowest BCUT2D eigenvalue weighted by molar-refractivity contribution is 0.544. The van der Waals surface area contributed by atoms with Crippen LogP contribution in [0.5, 0.6) is 0 Å². The number of rotatable bonds is 2. The van der Waals surface area contributed by atoms with Gasteiger partial charge in [-0.25, -0.2) is 0 Å². The monoisotopic (exact) mass is 159 g/mol. The average molecular weight is 160 g/mol. The van der Waals surface area contributed by atoms with Crippen molar-refractivity contribution < 1.29 is 0 Å². The van der Waals surface area contributed by atoms with Crippen LogP contribution in [0, 0.1) is 5.92 Å². The molecule has 0 bridgehead atoms. The van der Waals surface area contributed by atoms with Crippen LogP contribution in [0.4, 0.5) is 0 Å². The Hall–Kier alpha value is -0.570. The maximum Gasteiger partial charge on any atom is 0.0692 e. The molecule has 1 aromatic heterocycles. The van der Waals surface area contributed by atoms with Crippen molar-refractivity contribution in [3.8, 4) is 0 Å². The van der Waals surface area contributed by atoms with E-state index in [1.165, 1.54) is 12.8 Å². The molecule has 1 saturated carbocycles. The highest BCUT2D eigenvalue weighted by atomic mass is 35.5. The number of nitrogens with zero attached hydrogens (tertiary/aromatic N) is 3. The Labute approximate surface area is 65.8 Å². The van der Waals surface area contributed by atoms with Crippen LogP contribution in [0.2, 0.25) is 0 Å². The molecule has 10 heavy (non-hydrogen) atoms. The maximum absolute atomic E-state index is 3.86. The van der Waals surface area contributed by atoms with Crippen LogP contribution in [0.1, 0.15) is 12.8 Å². The quantitative estimate of drug-likeness (QED) is 0.648. The van der Waals surface area contributed by atoms with Gasteiger partial charge in [0.25, 0.3) is 0 Å². The van der Waals surface area contributed by atoms with Crippen molar-refractivity contribution in [3.63, 3.8) is 0 Å². The van der Waals surface area contributed by atoms with Crippen molar-refractivity contribution in [2.75, 3.05) is 0 Å². The Bertz CT molecular complexity index is 181. The molecule has 56 valence electrons. The van der Waals surface area contributed by atoms with Gasteiger partial charge in [0.2, 0.25) is 0 Å². The third-order valence-corrected chi connectivity index (χ3v) is 1.61. The normalized spacial score (nSPS) is 16.4. The average Bonchev–Trinajstić information content (AvgIpc) is 2.46. The summed E-state index contributed by atoms with van der Waals surface area (Å²) in [4.78, 5) is 0. The SMILES string of the molecule is Cl.c1cn(CC2CC2)nn1. The Morgan fingerprint density at radius 2 is 2.30 bits per heavy atom. The van der Waals surface area contributed by atoms with Gasteiger partial charge in [0.1, 0.15) is 0 Å².